The number of aromatic amines is 1. The smallest absolute Gasteiger partial charge is 0.281 e. The Labute approximate surface area is 122 Å². The van der Waals surface area contributed by atoms with Gasteiger partial charge < -0.3 is 0 Å². The van der Waals surface area contributed by atoms with E-state index in [1.165, 1.54) is 0 Å². The Kier molecular flexibility index (Phi) is 3.32. The lowest BCUT2D eigenvalue weighted by molar-refractivity contribution is 0.0949. The molecule has 0 aliphatic heterocycles. The third kappa shape index (κ3) is 2.35. The second-order valence-electron chi connectivity index (χ2n) is 5.29. The van der Waals surface area contributed by atoms with Crippen molar-refractivity contribution >= 4 is 12.1 Å². The minimum Gasteiger partial charge on any atom is -0.281 e. The van der Waals surface area contributed by atoms with Crippen LogP contribution in [0.3, 0.4) is 0 Å². The fraction of sp³-hybridized carbons (Fsp3) is 0.429. The highest BCUT2D eigenvalue weighted by molar-refractivity contribution is 5.95. The summed E-state index contributed by atoms with van der Waals surface area (Å²) >= 11 is 0. The lowest BCUT2D eigenvalue weighted by atomic mass is 10.2. The lowest BCUT2D eigenvalue weighted by Gasteiger charge is -1.98. The fourth-order valence-corrected chi connectivity index (χ4v) is 2.69. The van der Waals surface area contributed by atoms with Gasteiger partial charge in [0.1, 0.15) is 0 Å². The second-order valence-corrected chi connectivity index (χ2v) is 5.29. The maximum atomic E-state index is 12.1. The molecule has 0 aromatic carbocycles. The maximum Gasteiger partial charge on any atom is 0.292 e. The van der Waals surface area contributed by atoms with Crippen LogP contribution in [0.5, 0.6) is 0 Å². The predicted octanol–water partition coefficient (Wildman–Crippen LogP) is 1.01. The molecule has 3 rings (SSSR count). The van der Waals surface area contributed by atoms with E-state index in [0.29, 0.717) is 5.69 Å². The number of fused-ring (bicyclic) bond motifs is 1. The van der Waals surface area contributed by atoms with Gasteiger partial charge in [0.25, 0.3) is 5.91 Å². The van der Waals surface area contributed by atoms with Crippen molar-refractivity contribution in [2.45, 2.75) is 33.1 Å². The van der Waals surface area contributed by atoms with Crippen molar-refractivity contribution in [1.29, 1.82) is 0 Å². The molecule has 0 bridgehead atoms. The SMILES string of the molecule is Cc1nn(C)c(C)c1C=NNC(=O)c1n[nH]c2c1CCC2. The van der Waals surface area contributed by atoms with E-state index in [1.807, 2.05) is 20.9 Å². The van der Waals surface area contributed by atoms with Gasteiger partial charge in [0.2, 0.25) is 0 Å². The van der Waals surface area contributed by atoms with Crippen LogP contribution in [0, 0.1) is 13.8 Å². The van der Waals surface area contributed by atoms with Crippen LogP contribution in [-0.2, 0) is 19.9 Å². The molecule has 2 aromatic heterocycles. The third-order valence-corrected chi connectivity index (χ3v) is 3.95. The van der Waals surface area contributed by atoms with E-state index >= 15 is 0 Å². The molecule has 7 heteroatoms. The normalized spacial score (nSPS) is 13.9. The molecule has 0 spiro atoms. The van der Waals surface area contributed by atoms with Gasteiger partial charge in [-0.2, -0.15) is 15.3 Å². The molecule has 7 nitrogen and oxygen atoms in total. The number of carbonyl (C=O) groups excluding carboxylic acids is 1. The van der Waals surface area contributed by atoms with Crippen LogP contribution in [0.2, 0.25) is 0 Å². The zero-order valence-corrected chi connectivity index (χ0v) is 12.4. The van der Waals surface area contributed by atoms with Crippen LogP contribution in [0.15, 0.2) is 5.10 Å². The first kappa shape index (κ1) is 13.5. The van der Waals surface area contributed by atoms with Gasteiger partial charge in [0.15, 0.2) is 5.69 Å². The Morgan fingerprint density at radius 1 is 1.43 bits per heavy atom. The zero-order chi connectivity index (χ0) is 15.0. The molecule has 2 aromatic rings. The summed E-state index contributed by atoms with van der Waals surface area (Å²) in [5.41, 5.74) is 7.90. The van der Waals surface area contributed by atoms with Crippen LogP contribution in [0.4, 0.5) is 0 Å². The molecule has 1 aliphatic rings. The third-order valence-electron chi connectivity index (χ3n) is 3.95. The molecule has 1 amide bonds. The molecule has 21 heavy (non-hydrogen) atoms. The first-order chi connectivity index (χ1) is 10.1. The quantitative estimate of drug-likeness (QED) is 0.652. The van der Waals surface area contributed by atoms with E-state index in [9.17, 15) is 4.79 Å². The number of amides is 1. The number of carbonyl (C=O) groups is 1. The Bertz CT molecular complexity index is 724. The molecule has 0 saturated heterocycles. The van der Waals surface area contributed by atoms with Crippen LogP contribution >= 0.6 is 0 Å². The number of H-pyrrole nitrogens is 1. The highest BCUT2D eigenvalue weighted by atomic mass is 16.2. The largest absolute Gasteiger partial charge is 0.292 e. The molecule has 0 radical (unpaired) electrons. The van der Waals surface area contributed by atoms with Crippen molar-refractivity contribution in [3.63, 3.8) is 0 Å². The summed E-state index contributed by atoms with van der Waals surface area (Å²) in [6.45, 7) is 3.88. The van der Waals surface area contributed by atoms with Crippen molar-refractivity contribution in [3.8, 4) is 0 Å². The molecule has 0 saturated carbocycles. The summed E-state index contributed by atoms with van der Waals surface area (Å²) in [6.07, 6.45) is 4.57. The van der Waals surface area contributed by atoms with Gasteiger partial charge in [-0.1, -0.05) is 0 Å². The van der Waals surface area contributed by atoms with Gasteiger partial charge in [-0.25, -0.2) is 5.43 Å². The van der Waals surface area contributed by atoms with Crippen molar-refractivity contribution in [1.82, 2.24) is 25.4 Å². The van der Waals surface area contributed by atoms with Gasteiger partial charge in [-0.3, -0.25) is 14.6 Å². The van der Waals surface area contributed by atoms with E-state index in [4.69, 9.17) is 0 Å². The molecular weight excluding hydrogens is 268 g/mol. The van der Waals surface area contributed by atoms with Crippen molar-refractivity contribution in [3.05, 3.63) is 33.9 Å². The Morgan fingerprint density at radius 2 is 2.24 bits per heavy atom. The number of hydrogen-bond donors (Lipinski definition) is 2. The number of hydrazone groups is 1. The van der Waals surface area contributed by atoms with Gasteiger partial charge in [-0.15, -0.1) is 0 Å². The average Bonchev–Trinajstić information content (AvgIpc) is 3.09. The number of nitrogens with one attached hydrogen (secondary N) is 2. The first-order valence-corrected chi connectivity index (χ1v) is 6.97. The standard InChI is InChI=1S/C14H18N6O/c1-8-11(9(2)20(3)19-8)7-15-18-14(21)13-10-5-4-6-12(10)16-17-13/h7H,4-6H2,1-3H3,(H,16,17)(H,18,21). The van der Waals surface area contributed by atoms with Crippen LogP contribution < -0.4 is 5.43 Å². The summed E-state index contributed by atoms with van der Waals surface area (Å²) in [5.74, 6) is -0.273. The molecule has 0 atom stereocenters. The number of nitrogens with zero attached hydrogens (tertiary/aromatic N) is 4. The zero-order valence-electron chi connectivity index (χ0n) is 12.4. The van der Waals surface area contributed by atoms with E-state index in [0.717, 1.165) is 47.5 Å². The van der Waals surface area contributed by atoms with Gasteiger partial charge in [0, 0.05) is 29.6 Å². The number of hydrogen-bond acceptors (Lipinski definition) is 4. The maximum absolute atomic E-state index is 12.1. The van der Waals surface area contributed by atoms with Crippen molar-refractivity contribution in [2.75, 3.05) is 0 Å². The number of aromatic nitrogens is 4. The van der Waals surface area contributed by atoms with Crippen LogP contribution in [-0.4, -0.2) is 32.1 Å². The highest BCUT2D eigenvalue weighted by Gasteiger charge is 2.22. The minimum absolute atomic E-state index is 0.273. The second kappa shape index (κ2) is 5.16. The number of rotatable bonds is 3. The van der Waals surface area contributed by atoms with Crippen molar-refractivity contribution < 1.29 is 4.79 Å². The minimum atomic E-state index is -0.273. The summed E-state index contributed by atoms with van der Waals surface area (Å²) in [4.78, 5) is 12.1. The Hall–Kier alpha value is -2.44. The molecule has 110 valence electrons. The molecule has 0 unspecified atom stereocenters. The predicted molar refractivity (Wildman–Crippen MR) is 78.4 cm³/mol. The molecular formula is C14H18N6O. The van der Waals surface area contributed by atoms with E-state index in [2.05, 4.69) is 25.8 Å². The molecule has 2 N–H and O–H groups in total. The van der Waals surface area contributed by atoms with E-state index < -0.39 is 0 Å². The Balaban J connectivity index is 1.72. The molecule has 2 heterocycles. The van der Waals surface area contributed by atoms with E-state index in [1.54, 1.807) is 10.9 Å². The lowest BCUT2D eigenvalue weighted by Crippen LogP contribution is -2.19. The first-order valence-electron chi connectivity index (χ1n) is 6.97. The summed E-state index contributed by atoms with van der Waals surface area (Å²) in [7, 11) is 1.88. The topological polar surface area (TPSA) is 88.0 Å². The van der Waals surface area contributed by atoms with Gasteiger partial charge in [0.05, 0.1) is 11.9 Å². The molecule has 1 aliphatic carbocycles. The van der Waals surface area contributed by atoms with Crippen molar-refractivity contribution in [2.24, 2.45) is 12.1 Å². The summed E-state index contributed by atoms with van der Waals surface area (Å²) in [5, 5.41) is 15.3. The average molecular weight is 286 g/mol. The van der Waals surface area contributed by atoms with Gasteiger partial charge in [-0.05, 0) is 33.1 Å². The highest BCUT2D eigenvalue weighted by Crippen LogP contribution is 2.22. The summed E-state index contributed by atoms with van der Waals surface area (Å²) < 4.78 is 1.79. The van der Waals surface area contributed by atoms with E-state index in [-0.39, 0.29) is 5.91 Å². The van der Waals surface area contributed by atoms with Gasteiger partial charge >= 0.3 is 0 Å². The summed E-state index contributed by atoms with van der Waals surface area (Å²) in [6, 6.07) is 0. The monoisotopic (exact) mass is 286 g/mol. The van der Waals surface area contributed by atoms with Crippen LogP contribution in [0.25, 0.3) is 0 Å². The number of aryl methyl sites for hydroxylation is 3. The fourth-order valence-electron chi connectivity index (χ4n) is 2.69. The molecule has 0 fully saturated rings. The Morgan fingerprint density at radius 3 is 2.95 bits per heavy atom. The van der Waals surface area contributed by atoms with Crippen LogP contribution in [0.1, 0.15) is 45.1 Å².